The molecule has 2 fully saturated rings. The summed E-state index contributed by atoms with van der Waals surface area (Å²) in [5, 5.41) is 15.5. The summed E-state index contributed by atoms with van der Waals surface area (Å²) in [5.41, 5.74) is 3.86. The minimum Gasteiger partial charge on any atom is -0.328 e. The summed E-state index contributed by atoms with van der Waals surface area (Å²) in [4.78, 5) is 15.4. The first-order valence-electron chi connectivity index (χ1n) is 10.4. The molecule has 7 heteroatoms. The lowest BCUT2D eigenvalue weighted by atomic mass is 10.0. The molecule has 4 rings (SSSR count). The van der Waals surface area contributed by atoms with Crippen molar-refractivity contribution in [1.82, 2.24) is 30.5 Å². The highest BCUT2D eigenvalue weighted by atomic mass is 16.2. The predicted molar refractivity (Wildman–Crippen MR) is 108 cm³/mol. The van der Waals surface area contributed by atoms with Gasteiger partial charge in [-0.15, -0.1) is 5.10 Å². The van der Waals surface area contributed by atoms with E-state index >= 15 is 0 Å². The first kappa shape index (κ1) is 19.1. The second-order valence-electron chi connectivity index (χ2n) is 7.76. The van der Waals surface area contributed by atoms with Crippen molar-refractivity contribution in [3.8, 4) is 0 Å². The van der Waals surface area contributed by atoms with Crippen LogP contribution < -0.4 is 10.6 Å². The number of aryl methyl sites for hydroxylation is 1. The van der Waals surface area contributed by atoms with E-state index in [4.69, 9.17) is 0 Å². The van der Waals surface area contributed by atoms with Gasteiger partial charge in [-0.25, -0.2) is 4.68 Å². The lowest BCUT2D eigenvalue weighted by Crippen LogP contribution is -2.49. The van der Waals surface area contributed by atoms with E-state index in [9.17, 15) is 4.79 Å². The van der Waals surface area contributed by atoms with Crippen molar-refractivity contribution < 1.29 is 4.79 Å². The maximum atomic E-state index is 13.4. The van der Waals surface area contributed by atoms with Gasteiger partial charge in [-0.3, -0.25) is 4.79 Å². The van der Waals surface area contributed by atoms with E-state index in [1.54, 1.807) is 0 Å². The van der Waals surface area contributed by atoms with E-state index in [2.05, 4.69) is 52.1 Å². The minimum atomic E-state index is -0.0104. The summed E-state index contributed by atoms with van der Waals surface area (Å²) in [5.74, 6) is -0.0104. The number of nitrogens with one attached hydrogen (secondary N) is 2. The van der Waals surface area contributed by atoms with Gasteiger partial charge in [0.1, 0.15) is 0 Å². The lowest BCUT2D eigenvalue weighted by molar-refractivity contribution is 0.0627. The monoisotopic (exact) mass is 382 g/mol. The van der Waals surface area contributed by atoms with Gasteiger partial charge >= 0.3 is 0 Å². The number of aromatic nitrogens is 3. The molecule has 2 N–H and O–H groups in total. The highest BCUT2D eigenvalue weighted by Crippen LogP contribution is 2.26. The average Bonchev–Trinajstić information content (AvgIpc) is 3.15. The molecule has 2 aliphatic rings. The first-order chi connectivity index (χ1) is 13.7. The molecule has 1 aromatic heterocycles. The van der Waals surface area contributed by atoms with Crippen LogP contribution >= 0.6 is 0 Å². The topological polar surface area (TPSA) is 75.1 Å². The van der Waals surface area contributed by atoms with Gasteiger partial charge in [0, 0.05) is 19.6 Å². The molecule has 0 radical (unpaired) electrons. The molecule has 0 aliphatic carbocycles. The molecule has 1 unspecified atom stereocenters. The van der Waals surface area contributed by atoms with Crippen LogP contribution in [-0.4, -0.2) is 58.5 Å². The van der Waals surface area contributed by atoms with Crippen LogP contribution in [0.15, 0.2) is 24.3 Å². The van der Waals surface area contributed by atoms with E-state index in [1.807, 2.05) is 16.5 Å². The fourth-order valence-electron chi connectivity index (χ4n) is 4.29. The second kappa shape index (κ2) is 8.41. The molecule has 3 heterocycles. The molecule has 1 atom stereocenters. The smallest absolute Gasteiger partial charge is 0.276 e. The third-order valence-electron chi connectivity index (χ3n) is 6.06. The summed E-state index contributed by atoms with van der Waals surface area (Å²) in [6.07, 6.45) is 3.07. The third kappa shape index (κ3) is 3.69. The Morgan fingerprint density at radius 2 is 1.89 bits per heavy atom. The zero-order valence-electron chi connectivity index (χ0n) is 16.8. The van der Waals surface area contributed by atoms with Crippen LogP contribution in [0.1, 0.15) is 59.2 Å². The molecule has 2 aromatic rings. The van der Waals surface area contributed by atoms with Crippen molar-refractivity contribution >= 4 is 5.91 Å². The van der Waals surface area contributed by atoms with Gasteiger partial charge in [0.25, 0.3) is 5.91 Å². The van der Waals surface area contributed by atoms with Crippen molar-refractivity contribution in [3.05, 3.63) is 46.8 Å². The first-order valence-corrected chi connectivity index (χ1v) is 10.4. The third-order valence-corrected chi connectivity index (χ3v) is 6.06. The Kier molecular flexibility index (Phi) is 5.73. The molecule has 28 heavy (non-hydrogen) atoms. The van der Waals surface area contributed by atoms with Crippen LogP contribution in [0.2, 0.25) is 0 Å². The van der Waals surface area contributed by atoms with Crippen LogP contribution in [0.4, 0.5) is 0 Å². The Morgan fingerprint density at radius 1 is 1.14 bits per heavy atom. The molecule has 2 aliphatic heterocycles. The number of benzene rings is 1. The van der Waals surface area contributed by atoms with Gasteiger partial charge in [-0.2, -0.15) is 0 Å². The highest BCUT2D eigenvalue weighted by molar-refractivity contribution is 5.93. The molecule has 1 aromatic carbocycles. The van der Waals surface area contributed by atoms with Crippen molar-refractivity contribution in [2.24, 2.45) is 0 Å². The largest absolute Gasteiger partial charge is 0.328 e. The molecular formula is C21H30N6O. The SMILES string of the molecule is CCc1ccc(C2CNCCN2C(=O)c2nnn(C3CCNCC3)c2C)cc1. The highest BCUT2D eigenvalue weighted by Gasteiger charge is 2.32. The quantitative estimate of drug-likeness (QED) is 0.844. The van der Waals surface area contributed by atoms with Crippen molar-refractivity contribution in [1.29, 1.82) is 0 Å². The number of carbonyl (C=O) groups is 1. The molecule has 150 valence electrons. The number of piperidine rings is 1. The molecule has 0 bridgehead atoms. The van der Waals surface area contributed by atoms with Crippen molar-refractivity contribution in [2.45, 2.75) is 45.2 Å². The van der Waals surface area contributed by atoms with E-state index in [1.165, 1.54) is 11.1 Å². The molecular weight excluding hydrogens is 352 g/mol. The van der Waals surface area contributed by atoms with Crippen LogP contribution in [-0.2, 0) is 6.42 Å². The number of hydrogen-bond donors (Lipinski definition) is 2. The van der Waals surface area contributed by atoms with Crippen LogP contribution in [0.25, 0.3) is 0 Å². The molecule has 2 saturated heterocycles. The van der Waals surface area contributed by atoms with E-state index in [-0.39, 0.29) is 11.9 Å². The van der Waals surface area contributed by atoms with Crippen LogP contribution in [0, 0.1) is 6.92 Å². The van der Waals surface area contributed by atoms with Gasteiger partial charge in [0.2, 0.25) is 0 Å². The van der Waals surface area contributed by atoms with Gasteiger partial charge in [0.05, 0.1) is 17.8 Å². The van der Waals surface area contributed by atoms with Gasteiger partial charge in [0.15, 0.2) is 5.69 Å². The summed E-state index contributed by atoms with van der Waals surface area (Å²) in [6.45, 7) is 8.35. The zero-order chi connectivity index (χ0) is 19.5. The number of carbonyl (C=O) groups excluding carboxylic acids is 1. The maximum absolute atomic E-state index is 13.4. The van der Waals surface area contributed by atoms with Gasteiger partial charge in [-0.05, 0) is 50.4 Å². The van der Waals surface area contributed by atoms with E-state index < -0.39 is 0 Å². The molecule has 1 amide bonds. The molecule has 7 nitrogen and oxygen atoms in total. The van der Waals surface area contributed by atoms with Crippen molar-refractivity contribution in [2.75, 3.05) is 32.7 Å². The normalized spacial score (nSPS) is 21.1. The number of amides is 1. The fourth-order valence-corrected chi connectivity index (χ4v) is 4.29. The van der Waals surface area contributed by atoms with Crippen molar-refractivity contribution in [3.63, 3.8) is 0 Å². The summed E-state index contributed by atoms with van der Waals surface area (Å²) < 4.78 is 1.96. The standard InChI is InChI=1S/C21H30N6O/c1-3-16-4-6-17(7-5-16)19-14-23-12-13-26(19)21(28)20-15(2)27(25-24-20)18-8-10-22-11-9-18/h4-7,18-19,22-23H,3,8-14H2,1-2H3. The average molecular weight is 383 g/mol. The van der Waals surface area contributed by atoms with Gasteiger partial charge < -0.3 is 15.5 Å². The Balaban J connectivity index is 1.57. The van der Waals surface area contributed by atoms with E-state index in [0.717, 1.165) is 51.1 Å². The maximum Gasteiger partial charge on any atom is 0.276 e. The Hall–Kier alpha value is -2.25. The fraction of sp³-hybridized carbons (Fsp3) is 0.571. The van der Waals surface area contributed by atoms with Gasteiger partial charge in [-0.1, -0.05) is 36.4 Å². The second-order valence-corrected chi connectivity index (χ2v) is 7.76. The number of rotatable bonds is 4. The Morgan fingerprint density at radius 3 is 2.61 bits per heavy atom. The lowest BCUT2D eigenvalue weighted by Gasteiger charge is -2.36. The summed E-state index contributed by atoms with van der Waals surface area (Å²) in [6, 6.07) is 8.97. The zero-order valence-corrected chi connectivity index (χ0v) is 16.8. The Bertz CT molecular complexity index is 809. The predicted octanol–water partition coefficient (Wildman–Crippen LogP) is 1.86. The molecule has 0 spiro atoms. The number of piperazine rings is 1. The summed E-state index contributed by atoms with van der Waals surface area (Å²) in [7, 11) is 0. The van der Waals surface area contributed by atoms with Crippen LogP contribution in [0.3, 0.4) is 0 Å². The van der Waals surface area contributed by atoms with Crippen LogP contribution in [0.5, 0.6) is 0 Å². The minimum absolute atomic E-state index is 0.0104. The Labute approximate surface area is 166 Å². The summed E-state index contributed by atoms with van der Waals surface area (Å²) >= 11 is 0. The number of nitrogens with zero attached hydrogens (tertiary/aromatic N) is 4. The molecule has 0 saturated carbocycles. The number of hydrogen-bond acceptors (Lipinski definition) is 5. The van der Waals surface area contributed by atoms with E-state index in [0.29, 0.717) is 18.3 Å².